The van der Waals surface area contributed by atoms with Crippen LogP contribution in [0.2, 0.25) is 0 Å². The van der Waals surface area contributed by atoms with Crippen LogP contribution in [0.1, 0.15) is 43.6 Å². The lowest BCUT2D eigenvalue weighted by molar-refractivity contribution is -0.127. The smallest absolute Gasteiger partial charge is 0.260 e. The van der Waals surface area contributed by atoms with Gasteiger partial charge in [0, 0.05) is 18.0 Å². The summed E-state index contributed by atoms with van der Waals surface area (Å²) in [6, 6.07) is 0. The molecule has 7 heteroatoms. The fourth-order valence-electron chi connectivity index (χ4n) is 3.15. The predicted octanol–water partition coefficient (Wildman–Crippen LogP) is 3.60. The van der Waals surface area contributed by atoms with Crippen molar-refractivity contribution < 1.29 is 4.79 Å². The van der Waals surface area contributed by atoms with Crippen molar-refractivity contribution in [3.63, 3.8) is 0 Å². The van der Waals surface area contributed by atoms with Gasteiger partial charge in [-0.1, -0.05) is 32.0 Å². The molecule has 1 atom stereocenters. The lowest BCUT2D eigenvalue weighted by atomic mass is 9.98. The molecule has 1 unspecified atom stereocenters. The van der Waals surface area contributed by atoms with Crippen LogP contribution < -0.4 is 5.56 Å². The molecule has 1 fully saturated rings. The van der Waals surface area contributed by atoms with Crippen LogP contribution in [-0.4, -0.2) is 39.6 Å². The number of nitrogens with one attached hydrogen (secondary N) is 1. The number of thioether (sulfide) groups is 1. The van der Waals surface area contributed by atoms with E-state index in [1.165, 1.54) is 16.6 Å². The third-order valence-electron chi connectivity index (χ3n) is 4.88. The number of H-pyrrole nitrogens is 1. The Balaban J connectivity index is 1.80. The third kappa shape index (κ3) is 4.08. The zero-order valence-corrected chi connectivity index (χ0v) is 16.7. The van der Waals surface area contributed by atoms with E-state index in [9.17, 15) is 9.59 Å². The van der Waals surface area contributed by atoms with Gasteiger partial charge in [0.15, 0.2) is 5.16 Å². The van der Waals surface area contributed by atoms with Crippen LogP contribution in [0.3, 0.4) is 0 Å². The minimum Gasteiger partial charge on any atom is -0.342 e. The Kier molecular flexibility index (Phi) is 5.84. The Bertz CT molecular complexity index is 822. The van der Waals surface area contributed by atoms with Crippen LogP contribution in [0.25, 0.3) is 10.2 Å². The maximum absolute atomic E-state index is 12.6. The lowest BCUT2D eigenvalue weighted by Gasteiger charge is -2.14. The Morgan fingerprint density at radius 3 is 2.80 bits per heavy atom. The van der Waals surface area contributed by atoms with Crippen LogP contribution in [0.4, 0.5) is 0 Å². The molecule has 1 saturated heterocycles. The molecule has 1 aliphatic rings. The van der Waals surface area contributed by atoms with Crippen molar-refractivity contribution in [2.75, 3.05) is 18.8 Å². The second-order valence-corrected chi connectivity index (χ2v) is 8.95. The molecule has 0 radical (unpaired) electrons. The van der Waals surface area contributed by atoms with Crippen molar-refractivity contribution in [3.05, 3.63) is 20.8 Å². The summed E-state index contributed by atoms with van der Waals surface area (Å²) < 4.78 is 0. The zero-order chi connectivity index (χ0) is 18.0. The monoisotopic (exact) mass is 379 g/mol. The first kappa shape index (κ1) is 18.5. The third-order valence-corrected chi connectivity index (χ3v) is 6.78. The normalized spacial score (nSPS) is 15.9. The minimum absolute atomic E-state index is 0.0798. The SMILES string of the molecule is CCC(C)Cc1c(C)sc2nc(SCC(=O)N3CCCC3)[nH]c(=O)c12. The Morgan fingerprint density at radius 2 is 2.12 bits per heavy atom. The molecule has 3 rings (SSSR count). The van der Waals surface area contributed by atoms with Gasteiger partial charge in [-0.2, -0.15) is 0 Å². The number of rotatable bonds is 6. The summed E-state index contributed by atoms with van der Waals surface area (Å²) in [6.07, 6.45) is 4.18. The van der Waals surface area contributed by atoms with Crippen molar-refractivity contribution in [1.82, 2.24) is 14.9 Å². The van der Waals surface area contributed by atoms with E-state index in [0.717, 1.165) is 54.6 Å². The van der Waals surface area contributed by atoms with E-state index in [4.69, 9.17) is 0 Å². The first-order valence-corrected chi connectivity index (χ1v) is 10.7. The maximum Gasteiger partial charge on any atom is 0.260 e. The number of carbonyl (C=O) groups is 1. The van der Waals surface area contributed by atoms with E-state index in [1.54, 1.807) is 11.3 Å². The largest absolute Gasteiger partial charge is 0.342 e. The van der Waals surface area contributed by atoms with E-state index < -0.39 is 0 Å². The molecule has 5 nitrogen and oxygen atoms in total. The van der Waals surface area contributed by atoms with E-state index in [0.29, 0.717) is 16.8 Å². The van der Waals surface area contributed by atoms with Gasteiger partial charge in [-0.3, -0.25) is 9.59 Å². The molecule has 0 spiro atoms. The fraction of sp³-hybridized carbons (Fsp3) is 0.611. The van der Waals surface area contributed by atoms with Gasteiger partial charge in [0.1, 0.15) is 4.83 Å². The second kappa shape index (κ2) is 7.91. The highest BCUT2D eigenvalue weighted by Gasteiger charge is 2.20. The Hall–Kier alpha value is -1.34. The van der Waals surface area contributed by atoms with E-state index >= 15 is 0 Å². The van der Waals surface area contributed by atoms with Gasteiger partial charge < -0.3 is 9.88 Å². The molecule has 1 N–H and O–H groups in total. The molecule has 1 amide bonds. The topological polar surface area (TPSA) is 66.1 Å². The number of amides is 1. The molecule has 25 heavy (non-hydrogen) atoms. The Labute approximate surface area is 156 Å². The summed E-state index contributed by atoms with van der Waals surface area (Å²) in [5.74, 6) is 1.01. The van der Waals surface area contributed by atoms with Crippen molar-refractivity contribution in [3.8, 4) is 0 Å². The first-order valence-electron chi connectivity index (χ1n) is 8.92. The average Bonchev–Trinajstić information content (AvgIpc) is 3.21. The van der Waals surface area contributed by atoms with E-state index in [-0.39, 0.29) is 11.5 Å². The first-order chi connectivity index (χ1) is 12.0. The number of carbonyl (C=O) groups excluding carboxylic acids is 1. The maximum atomic E-state index is 12.6. The molecule has 2 aromatic heterocycles. The average molecular weight is 380 g/mol. The van der Waals surface area contributed by atoms with Gasteiger partial charge in [0.25, 0.3) is 5.56 Å². The van der Waals surface area contributed by atoms with Gasteiger partial charge >= 0.3 is 0 Å². The van der Waals surface area contributed by atoms with E-state index in [1.807, 2.05) is 4.90 Å². The van der Waals surface area contributed by atoms with Crippen LogP contribution in [0.5, 0.6) is 0 Å². The molecule has 0 saturated carbocycles. The molecule has 136 valence electrons. The van der Waals surface area contributed by atoms with Gasteiger partial charge in [-0.15, -0.1) is 11.3 Å². The number of aromatic nitrogens is 2. The summed E-state index contributed by atoms with van der Waals surface area (Å²) in [5, 5.41) is 1.28. The zero-order valence-electron chi connectivity index (χ0n) is 15.1. The lowest BCUT2D eigenvalue weighted by Crippen LogP contribution is -2.29. The van der Waals surface area contributed by atoms with Crippen LogP contribution >= 0.6 is 23.1 Å². The van der Waals surface area contributed by atoms with Crippen LogP contribution in [-0.2, 0) is 11.2 Å². The number of fused-ring (bicyclic) bond motifs is 1. The standard InChI is InChI=1S/C18H25N3O2S2/c1-4-11(2)9-13-12(3)25-17-15(13)16(23)19-18(20-17)24-10-14(22)21-7-5-6-8-21/h11H,4-10H2,1-3H3,(H,19,20,23). The summed E-state index contributed by atoms with van der Waals surface area (Å²) in [7, 11) is 0. The van der Waals surface area contributed by atoms with Crippen molar-refractivity contribution in [2.24, 2.45) is 5.92 Å². The van der Waals surface area contributed by atoms with E-state index in [2.05, 4.69) is 30.7 Å². The number of hydrogen-bond acceptors (Lipinski definition) is 5. The molecule has 0 aliphatic carbocycles. The number of aromatic amines is 1. The summed E-state index contributed by atoms with van der Waals surface area (Å²) >= 11 is 2.91. The highest BCUT2D eigenvalue weighted by molar-refractivity contribution is 7.99. The molecular formula is C18H25N3O2S2. The summed E-state index contributed by atoms with van der Waals surface area (Å²) in [5.41, 5.74) is 1.05. The second-order valence-electron chi connectivity index (χ2n) is 6.78. The molecule has 0 aromatic carbocycles. The molecule has 1 aliphatic heterocycles. The number of likely N-dealkylation sites (tertiary alicyclic amines) is 1. The van der Waals surface area contributed by atoms with Crippen molar-refractivity contribution in [1.29, 1.82) is 0 Å². The molecule has 2 aromatic rings. The molecule has 3 heterocycles. The molecular weight excluding hydrogens is 354 g/mol. The summed E-state index contributed by atoms with van der Waals surface area (Å²) in [4.78, 5) is 36.1. The quantitative estimate of drug-likeness (QED) is 0.615. The van der Waals surface area contributed by atoms with Gasteiger partial charge in [-0.05, 0) is 37.7 Å². The fourth-order valence-corrected chi connectivity index (χ4v) is 5.03. The van der Waals surface area contributed by atoms with Crippen molar-refractivity contribution >= 4 is 39.2 Å². The van der Waals surface area contributed by atoms with Crippen molar-refractivity contribution in [2.45, 2.75) is 51.6 Å². The minimum atomic E-state index is -0.0798. The van der Waals surface area contributed by atoms with Gasteiger partial charge in [-0.25, -0.2) is 4.98 Å². The highest BCUT2D eigenvalue weighted by Crippen LogP contribution is 2.30. The predicted molar refractivity (Wildman–Crippen MR) is 105 cm³/mol. The van der Waals surface area contributed by atoms with Crippen LogP contribution in [0, 0.1) is 12.8 Å². The number of hydrogen-bond donors (Lipinski definition) is 1. The number of nitrogens with zero attached hydrogens (tertiary/aromatic N) is 2. The number of aryl methyl sites for hydroxylation is 1. The molecule has 0 bridgehead atoms. The van der Waals surface area contributed by atoms with Gasteiger partial charge in [0.2, 0.25) is 5.91 Å². The number of thiophene rings is 1. The van der Waals surface area contributed by atoms with Gasteiger partial charge in [0.05, 0.1) is 11.1 Å². The van der Waals surface area contributed by atoms with Crippen LogP contribution in [0.15, 0.2) is 9.95 Å². The Morgan fingerprint density at radius 1 is 1.40 bits per heavy atom. The highest BCUT2D eigenvalue weighted by atomic mass is 32.2. The summed E-state index contributed by atoms with van der Waals surface area (Å²) in [6.45, 7) is 8.14.